The summed E-state index contributed by atoms with van der Waals surface area (Å²) >= 11 is 0. The SMILES string of the molecule is N#CC1(C#N)CCCC2(CCC1)OCCO2. The summed E-state index contributed by atoms with van der Waals surface area (Å²) in [6, 6.07) is 4.34. The molecule has 0 radical (unpaired) electrons. The topological polar surface area (TPSA) is 66.0 Å². The van der Waals surface area contributed by atoms with Crippen molar-refractivity contribution in [2.75, 3.05) is 13.2 Å². The summed E-state index contributed by atoms with van der Waals surface area (Å²) in [6.45, 7) is 1.34. The van der Waals surface area contributed by atoms with Crippen LogP contribution in [-0.2, 0) is 9.47 Å². The van der Waals surface area contributed by atoms with E-state index in [2.05, 4.69) is 12.1 Å². The van der Waals surface area contributed by atoms with Gasteiger partial charge < -0.3 is 9.47 Å². The third-order valence-corrected chi connectivity index (χ3v) is 3.56. The molecule has 0 amide bonds. The first kappa shape index (κ1) is 11.4. The molecule has 2 aliphatic rings. The van der Waals surface area contributed by atoms with Gasteiger partial charge in [-0.1, -0.05) is 0 Å². The van der Waals surface area contributed by atoms with Crippen molar-refractivity contribution >= 4 is 0 Å². The minimum Gasteiger partial charge on any atom is -0.348 e. The van der Waals surface area contributed by atoms with Crippen molar-refractivity contribution in [1.82, 2.24) is 0 Å². The number of hydrogen-bond donors (Lipinski definition) is 0. The lowest BCUT2D eigenvalue weighted by Crippen LogP contribution is -2.33. The van der Waals surface area contributed by atoms with Crippen molar-refractivity contribution in [3.63, 3.8) is 0 Å². The minimum absolute atomic E-state index is 0.406. The first-order chi connectivity index (χ1) is 7.74. The van der Waals surface area contributed by atoms with Gasteiger partial charge in [0.25, 0.3) is 0 Å². The Hall–Kier alpha value is -1.10. The van der Waals surface area contributed by atoms with E-state index in [1.807, 2.05) is 0 Å². The van der Waals surface area contributed by atoms with E-state index in [9.17, 15) is 0 Å². The minimum atomic E-state index is -0.778. The van der Waals surface area contributed by atoms with E-state index in [1.54, 1.807) is 0 Å². The summed E-state index contributed by atoms with van der Waals surface area (Å²) in [6.07, 6.45) is 4.52. The van der Waals surface area contributed by atoms with Gasteiger partial charge >= 0.3 is 0 Å². The van der Waals surface area contributed by atoms with Crippen LogP contribution in [0.1, 0.15) is 38.5 Å². The van der Waals surface area contributed by atoms with Crippen molar-refractivity contribution < 1.29 is 9.47 Å². The highest BCUT2D eigenvalue weighted by Crippen LogP contribution is 2.39. The van der Waals surface area contributed by atoms with Crippen LogP contribution in [0.15, 0.2) is 0 Å². The molecule has 1 saturated heterocycles. The Kier molecular flexibility index (Phi) is 3.14. The van der Waals surface area contributed by atoms with Crippen molar-refractivity contribution in [3.8, 4) is 12.1 Å². The first-order valence-corrected chi connectivity index (χ1v) is 5.85. The smallest absolute Gasteiger partial charge is 0.168 e. The molecule has 2 rings (SSSR count). The van der Waals surface area contributed by atoms with Crippen LogP contribution in [0.5, 0.6) is 0 Å². The highest BCUT2D eigenvalue weighted by molar-refractivity contribution is 5.13. The van der Waals surface area contributed by atoms with E-state index in [1.165, 1.54) is 0 Å². The average molecular weight is 220 g/mol. The molecule has 4 heteroatoms. The molecule has 0 aromatic rings. The fourth-order valence-electron chi connectivity index (χ4n) is 2.60. The molecule has 0 N–H and O–H groups in total. The summed E-state index contributed by atoms with van der Waals surface area (Å²) in [4.78, 5) is 0. The van der Waals surface area contributed by atoms with Crippen LogP contribution in [0.3, 0.4) is 0 Å². The molecule has 1 saturated carbocycles. The lowest BCUT2D eigenvalue weighted by molar-refractivity contribution is -0.171. The van der Waals surface area contributed by atoms with E-state index < -0.39 is 11.2 Å². The fraction of sp³-hybridized carbons (Fsp3) is 0.833. The normalized spacial score (nSPS) is 27.6. The summed E-state index contributed by atoms with van der Waals surface area (Å²) in [5, 5.41) is 18.2. The third kappa shape index (κ3) is 2.04. The molecule has 1 aliphatic carbocycles. The molecule has 1 aliphatic heterocycles. The first-order valence-electron chi connectivity index (χ1n) is 5.85. The summed E-state index contributed by atoms with van der Waals surface area (Å²) in [5.41, 5.74) is -0.778. The van der Waals surface area contributed by atoms with Crippen LogP contribution in [0.2, 0.25) is 0 Å². The van der Waals surface area contributed by atoms with E-state index in [0.717, 1.165) is 25.7 Å². The fourth-order valence-corrected chi connectivity index (χ4v) is 2.60. The number of hydrogen-bond acceptors (Lipinski definition) is 4. The zero-order valence-electron chi connectivity index (χ0n) is 9.37. The largest absolute Gasteiger partial charge is 0.348 e. The maximum Gasteiger partial charge on any atom is 0.168 e. The molecule has 86 valence electrons. The predicted molar refractivity (Wildman–Crippen MR) is 56.0 cm³/mol. The van der Waals surface area contributed by atoms with Gasteiger partial charge in [-0.15, -0.1) is 0 Å². The lowest BCUT2D eigenvalue weighted by Gasteiger charge is -2.32. The van der Waals surface area contributed by atoms with Crippen molar-refractivity contribution in [2.45, 2.75) is 44.3 Å². The molecule has 0 unspecified atom stereocenters. The van der Waals surface area contributed by atoms with Gasteiger partial charge in [-0.25, -0.2) is 0 Å². The second-order valence-electron chi connectivity index (χ2n) is 4.62. The number of ether oxygens (including phenoxy) is 2. The summed E-state index contributed by atoms with van der Waals surface area (Å²) in [5.74, 6) is -0.406. The van der Waals surface area contributed by atoms with E-state index in [0.29, 0.717) is 26.1 Å². The quantitative estimate of drug-likeness (QED) is 0.627. The van der Waals surface area contributed by atoms with Crippen LogP contribution in [0.4, 0.5) is 0 Å². The Balaban J connectivity index is 2.01. The van der Waals surface area contributed by atoms with E-state index in [4.69, 9.17) is 20.0 Å². The van der Waals surface area contributed by atoms with Gasteiger partial charge in [0.05, 0.1) is 25.4 Å². The molecule has 0 bridgehead atoms. The van der Waals surface area contributed by atoms with Crippen LogP contribution < -0.4 is 0 Å². The molecule has 0 aromatic carbocycles. The number of nitrogens with zero attached hydrogens (tertiary/aromatic N) is 2. The van der Waals surface area contributed by atoms with Gasteiger partial charge in [0.15, 0.2) is 5.79 Å². The zero-order chi connectivity index (χ0) is 11.5. The third-order valence-electron chi connectivity index (χ3n) is 3.56. The molecule has 1 spiro atoms. The Morgan fingerprint density at radius 1 is 0.812 bits per heavy atom. The monoisotopic (exact) mass is 220 g/mol. The van der Waals surface area contributed by atoms with Gasteiger partial charge in [-0.05, 0) is 25.7 Å². The Morgan fingerprint density at radius 3 is 1.75 bits per heavy atom. The Labute approximate surface area is 95.8 Å². The highest BCUT2D eigenvalue weighted by atomic mass is 16.7. The molecule has 2 fully saturated rings. The molecule has 0 atom stereocenters. The second-order valence-corrected chi connectivity index (χ2v) is 4.62. The predicted octanol–water partition coefficient (Wildman–Crippen LogP) is 2.12. The standard InChI is InChI=1S/C12H16N2O2/c13-9-11(10-14)3-1-5-12(6-2-4-11)15-7-8-16-12/h1-8H2. The van der Waals surface area contributed by atoms with Crippen LogP contribution in [0.25, 0.3) is 0 Å². The zero-order valence-corrected chi connectivity index (χ0v) is 9.37. The van der Waals surface area contributed by atoms with E-state index >= 15 is 0 Å². The van der Waals surface area contributed by atoms with Gasteiger partial charge in [-0.2, -0.15) is 10.5 Å². The Morgan fingerprint density at radius 2 is 1.31 bits per heavy atom. The summed E-state index contributed by atoms with van der Waals surface area (Å²) in [7, 11) is 0. The van der Waals surface area contributed by atoms with Gasteiger partial charge in [0.1, 0.15) is 5.41 Å². The molecule has 4 nitrogen and oxygen atoms in total. The van der Waals surface area contributed by atoms with Crippen LogP contribution in [-0.4, -0.2) is 19.0 Å². The number of nitriles is 2. The maximum absolute atomic E-state index is 9.08. The van der Waals surface area contributed by atoms with Gasteiger partial charge in [-0.3, -0.25) is 0 Å². The maximum atomic E-state index is 9.08. The molecular formula is C12H16N2O2. The van der Waals surface area contributed by atoms with Gasteiger partial charge in [0, 0.05) is 12.8 Å². The van der Waals surface area contributed by atoms with Crippen LogP contribution >= 0.6 is 0 Å². The van der Waals surface area contributed by atoms with Crippen molar-refractivity contribution in [2.24, 2.45) is 5.41 Å². The molecular weight excluding hydrogens is 204 g/mol. The highest BCUT2D eigenvalue weighted by Gasteiger charge is 2.40. The lowest BCUT2D eigenvalue weighted by atomic mass is 9.77. The Bertz CT molecular complexity index is 306. The van der Waals surface area contributed by atoms with Gasteiger partial charge in [0.2, 0.25) is 0 Å². The molecule has 0 aromatic heterocycles. The molecule has 16 heavy (non-hydrogen) atoms. The number of rotatable bonds is 0. The van der Waals surface area contributed by atoms with Crippen molar-refractivity contribution in [3.05, 3.63) is 0 Å². The van der Waals surface area contributed by atoms with E-state index in [-0.39, 0.29) is 0 Å². The summed E-state index contributed by atoms with van der Waals surface area (Å²) < 4.78 is 11.3. The van der Waals surface area contributed by atoms with Crippen LogP contribution in [0, 0.1) is 28.1 Å². The second kappa shape index (κ2) is 4.41. The van der Waals surface area contributed by atoms with Crippen molar-refractivity contribution in [1.29, 1.82) is 10.5 Å². The average Bonchev–Trinajstić information content (AvgIpc) is 2.74. The molecule has 1 heterocycles.